The van der Waals surface area contributed by atoms with E-state index in [1.807, 2.05) is 31.2 Å². The molecule has 0 unspecified atom stereocenters. The first-order valence-electron chi connectivity index (χ1n) is 6.85. The van der Waals surface area contributed by atoms with Crippen molar-refractivity contribution in [2.75, 3.05) is 0 Å². The molecule has 0 aromatic heterocycles. The average molecular weight is 297 g/mol. The number of nitrogens with two attached hydrogens (primary N) is 1. The Labute approximate surface area is 128 Å². The molecule has 21 heavy (non-hydrogen) atoms. The molecule has 0 aliphatic carbocycles. The Bertz CT molecular complexity index is 783. The Morgan fingerprint density at radius 1 is 0.952 bits per heavy atom. The normalized spacial score (nSPS) is 12.5. The van der Waals surface area contributed by atoms with Crippen LogP contribution in [-0.2, 0) is 0 Å². The van der Waals surface area contributed by atoms with E-state index in [1.54, 1.807) is 6.07 Å². The summed E-state index contributed by atoms with van der Waals surface area (Å²) in [6.45, 7) is 1.85. The predicted molar refractivity (Wildman–Crippen MR) is 87.1 cm³/mol. The van der Waals surface area contributed by atoms with Gasteiger partial charge in [-0.2, -0.15) is 0 Å². The van der Waals surface area contributed by atoms with Crippen molar-refractivity contribution in [3.63, 3.8) is 0 Å². The van der Waals surface area contributed by atoms with Gasteiger partial charge in [-0.25, -0.2) is 4.39 Å². The summed E-state index contributed by atoms with van der Waals surface area (Å²) in [4.78, 5) is 1.65. The van der Waals surface area contributed by atoms with Crippen molar-refractivity contribution >= 4 is 22.5 Å². The lowest BCUT2D eigenvalue weighted by Gasteiger charge is -2.09. The van der Waals surface area contributed by atoms with Crippen molar-refractivity contribution < 1.29 is 4.39 Å². The molecule has 0 amide bonds. The molecule has 0 aliphatic rings. The second-order valence-corrected chi connectivity index (χ2v) is 6.20. The van der Waals surface area contributed by atoms with Crippen LogP contribution in [0.25, 0.3) is 10.8 Å². The highest BCUT2D eigenvalue weighted by atomic mass is 32.2. The molecule has 0 aliphatic heterocycles. The fraction of sp³-hybridized carbons (Fsp3) is 0.111. The van der Waals surface area contributed by atoms with Crippen molar-refractivity contribution in [3.05, 3.63) is 72.0 Å². The first-order valence-corrected chi connectivity index (χ1v) is 7.67. The van der Waals surface area contributed by atoms with Crippen LogP contribution in [0.5, 0.6) is 0 Å². The molecule has 0 heterocycles. The molecule has 1 atom stereocenters. The monoisotopic (exact) mass is 297 g/mol. The summed E-state index contributed by atoms with van der Waals surface area (Å²) in [6.07, 6.45) is 0. The topological polar surface area (TPSA) is 26.0 Å². The molecule has 0 fully saturated rings. The summed E-state index contributed by atoms with van der Waals surface area (Å²) >= 11 is 1.43. The molecule has 3 aromatic carbocycles. The van der Waals surface area contributed by atoms with E-state index in [0.717, 1.165) is 15.8 Å². The van der Waals surface area contributed by atoms with Crippen LogP contribution in [0.2, 0.25) is 0 Å². The SMILES string of the molecule is C[C@H](N)c1ccc(Sc2ccc3ccccc3c2)c(F)c1. The summed E-state index contributed by atoms with van der Waals surface area (Å²) in [7, 11) is 0. The molecule has 0 radical (unpaired) electrons. The number of halogens is 1. The fourth-order valence-corrected chi connectivity index (χ4v) is 3.11. The molecule has 3 heteroatoms. The highest BCUT2D eigenvalue weighted by Crippen LogP contribution is 2.32. The quantitative estimate of drug-likeness (QED) is 0.723. The van der Waals surface area contributed by atoms with Gasteiger partial charge >= 0.3 is 0 Å². The van der Waals surface area contributed by atoms with E-state index in [4.69, 9.17) is 5.73 Å². The van der Waals surface area contributed by atoms with Crippen LogP contribution in [0.1, 0.15) is 18.5 Å². The van der Waals surface area contributed by atoms with Crippen LogP contribution < -0.4 is 5.73 Å². The van der Waals surface area contributed by atoms with Gasteiger partial charge in [0.15, 0.2) is 0 Å². The van der Waals surface area contributed by atoms with Crippen molar-refractivity contribution in [1.29, 1.82) is 0 Å². The molecular formula is C18H16FNS. The van der Waals surface area contributed by atoms with Crippen molar-refractivity contribution in [3.8, 4) is 0 Å². The lowest BCUT2D eigenvalue weighted by molar-refractivity contribution is 0.596. The number of benzene rings is 3. The zero-order valence-corrected chi connectivity index (χ0v) is 12.5. The third kappa shape index (κ3) is 3.09. The van der Waals surface area contributed by atoms with Gasteiger partial charge in [0.1, 0.15) is 5.82 Å². The number of rotatable bonds is 3. The molecular weight excluding hydrogens is 281 g/mol. The first kappa shape index (κ1) is 14.1. The van der Waals surface area contributed by atoms with E-state index in [9.17, 15) is 4.39 Å². The molecule has 2 N–H and O–H groups in total. The smallest absolute Gasteiger partial charge is 0.137 e. The minimum Gasteiger partial charge on any atom is -0.324 e. The zero-order chi connectivity index (χ0) is 14.8. The van der Waals surface area contributed by atoms with Crippen LogP contribution in [0, 0.1) is 5.82 Å². The second-order valence-electron chi connectivity index (χ2n) is 5.09. The lowest BCUT2D eigenvalue weighted by atomic mass is 10.1. The third-order valence-corrected chi connectivity index (χ3v) is 4.47. The number of hydrogen-bond donors (Lipinski definition) is 1. The highest BCUT2D eigenvalue weighted by Gasteiger charge is 2.08. The summed E-state index contributed by atoms with van der Waals surface area (Å²) in [6, 6.07) is 19.4. The van der Waals surface area contributed by atoms with E-state index in [2.05, 4.69) is 24.3 Å². The summed E-state index contributed by atoms with van der Waals surface area (Å²) in [5.41, 5.74) is 6.59. The van der Waals surface area contributed by atoms with Gasteiger partial charge in [0.25, 0.3) is 0 Å². The molecule has 0 bridgehead atoms. The van der Waals surface area contributed by atoms with Gasteiger partial charge in [-0.15, -0.1) is 0 Å². The molecule has 3 aromatic rings. The number of fused-ring (bicyclic) bond motifs is 1. The molecule has 0 saturated carbocycles. The second kappa shape index (κ2) is 5.88. The molecule has 3 rings (SSSR count). The maximum Gasteiger partial charge on any atom is 0.137 e. The third-order valence-electron chi connectivity index (χ3n) is 3.43. The van der Waals surface area contributed by atoms with Gasteiger partial charge in [-0.05, 0) is 47.5 Å². The Hall–Kier alpha value is -1.84. The van der Waals surface area contributed by atoms with E-state index in [0.29, 0.717) is 4.90 Å². The predicted octanol–water partition coefficient (Wildman–Crippen LogP) is 5.15. The highest BCUT2D eigenvalue weighted by molar-refractivity contribution is 7.99. The lowest BCUT2D eigenvalue weighted by Crippen LogP contribution is -2.05. The van der Waals surface area contributed by atoms with Crippen LogP contribution >= 0.6 is 11.8 Å². The van der Waals surface area contributed by atoms with E-state index in [1.165, 1.54) is 23.2 Å². The summed E-state index contributed by atoms with van der Waals surface area (Å²) < 4.78 is 14.1. The van der Waals surface area contributed by atoms with Crippen LogP contribution in [-0.4, -0.2) is 0 Å². The van der Waals surface area contributed by atoms with Gasteiger partial charge in [0.2, 0.25) is 0 Å². The van der Waals surface area contributed by atoms with Gasteiger partial charge < -0.3 is 5.73 Å². The molecule has 0 saturated heterocycles. The largest absolute Gasteiger partial charge is 0.324 e. The fourth-order valence-electron chi connectivity index (χ4n) is 2.24. The Kier molecular flexibility index (Phi) is 3.95. The Morgan fingerprint density at radius 3 is 2.43 bits per heavy atom. The average Bonchev–Trinajstić information content (AvgIpc) is 2.49. The molecule has 0 spiro atoms. The maximum atomic E-state index is 14.1. The van der Waals surface area contributed by atoms with Gasteiger partial charge in [0, 0.05) is 15.8 Å². The standard InChI is InChI=1S/C18H16FNS/c1-12(20)14-7-9-18(17(19)11-14)21-16-8-6-13-4-2-3-5-15(13)10-16/h2-12H,20H2,1H3/t12-/m0/s1. The Balaban J connectivity index is 1.91. The summed E-state index contributed by atoms with van der Waals surface area (Å²) in [5.74, 6) is -0.219. The zero-order valence-electron chi connectivity index (χ0n) is 11.7. The summed E-state index contributed by atoms with van der Waals surface area (Å²) in [5, 5.41) is 2.35. The van der Waals surface area contributed by atoms with Crippen LogP contribution in [0.4, 0.5) is 4.39 Å². The minimum atomic E-state index is -0.219. The van der Waals surface area contributed by atoms with Gasteiger partial charge in [-0.3, -0.25) is 0 Å². The number of hydrogen-bond acceptors (Lipinski definition) is 2. The van der Waals surface area contributed by atoms with E-state index in [-0.39, 0.29) is 11.9 Å². The molecule has 106 valence electrons. The van der Waals surface area contributed by atoms with Gasteiger partial charge in [-0.1, -0.05) is 48.2 Å². The molecule has 1 nitrogen and oxygen atoms in total. The van der Waals surface area contributed by atoms with E-state index >= 15 is 0 Å². The van der Waals surface area contributed by atoms with E-state index < -0.39 is 0 Å². The van der Waals surface area contributed by atoms with Crippen molar-refractivity contribution in [2.24, 2.45) is 5.73 Å². The Morgan fingerprint density at radius 2 is 1.71 bits per heavy atom. The van der Waals surface area contributed by atoms with Gasteiger partial charge in [0.05, 0.1) is 0 Å². The van der Waals surface area contributed by atoms with Crippen LogP contribution in [0.15, 0.2) is 70.5 Å². The van der Waals surface area contributed by atoms with Crippen molar-refractivity contribution in [2.45, 2.75) is 22.8 Å². The van der Waals surface area contributed by atoms with Crippen molar-refractivity contribution in [1.82, 2.24) is 0 Å². The van der Waals surface area contributed by atoms with Crippen LogP contribution in [0.3, 0.4) is 0 Å². The minimum absolute atomic E-state index is 0.154. The maximum absolute atomic E-state index is 14.1. The first-order chi connectivity index (χ1) is 10.1.